The first kappa shape index (κ1) is 19.8. The molecule has 4 rings (SSSR count). The number of carbonyl (C=O) groups excluding carboxylic acids is 1. The molecule has 1 N–H and O–H groups in total. The Kier molecular flexibility index (Phi) is 5.87. The molecule has 30 heavy (non-hydrogen) atoms. The van der Waals surface area contributed by atoms with Crippen molar-refractivity contribution < 1.29 is 13.9 Å². The fourth-order valence-electron chi connectivity index (χ4n) is 3.07. The molecule has 0 radical (unpaired) electrons. The summed E-state index contributed by atoms with van der Waals surface area (Å²) in [7, 11) is 0. The summed E-state index contributed by atoms with van der Waals surface area (Å²) in [6.45, 7) is 2.15. The largest absolute Gasteiger partial charge is 0.485 e. The number of ether oxygens (including phenoxy) is 1. The summed E-state index contributed by atoms with van der Waals surface area (Å²) in [6.07, 6.45) is 0. The van der Waals surface area contributed by atoms with Crippen LogP contribution in [-0.2, 0) is 6.61 Å². The number of carbonyl (C=O) groups is 1. The van der Waals surface area contributed by atoms with Gasteiger partial charge in [0.2, 0.25) is 0 Å². The van der Waals surface area contributed by atoms with Crippen LogP contribution in [0, 0.1) is 6.92 Å². The Balaban J connectivity index is 1.37. The summed E-state index contributed by atoms with van der Waals surface area (Å²) < 4.78 is 11.4. The number of hydrogen-bond acceptors (Lipinski definition) is 3. The number of furan rings is 1. The first-order valence-corrected chi connectivity index (χ1v) is 9.91. The van der Waals surface area contributed by atoms with E-state index >= 15 is 0 Å². The van der Waals surface area contributed by atoms with Crippen molar-refractivity contribution in [1.29, 1.82) is 0 Å². The van der Waals surface area contributed by atoms with Gasteiger partial charge in [0.05, 0.1) is 0 Å². The van der Waals surface area contributed by atoms with Gasteiger partial charge in [-0.05, 0) is 66.1 Å². The fourth-order valence-corrected chi connectivity index (χ4v) is 3.30. The quantitative estimate of drug-likeness (QED) is 0.378. The van der Waals surface area contributed by atoms with E-state index in [0.717, 1.165) is 22.4 Å². The topological polar surface area (TPSA) is 51.5 Å². The molecule has 0 saturated carbocycles. The van der Waals surface area contributed by atoms with Gasteiger partial charge in [0.15, 0.2) is 5.76 Å². The van der Waals surface area contributed by atoms with Crippen LogP contribution in [0.2, 0.25) is 5.02 Å². The van der Waals surface area contributed by atoms with Gasteiger partial charge in [0.1, 0.15) is 18.1 Å². The lowest BCUT2D eigenvalue weighted by Gasteiger charge is -2.08. The summed E-state index contributed by atoms with van der Waals surface area (Å²) >= 11 is 5.96. The Morgan fingerprint density at radius 1 is 0.933 bits per heavy atom. The minimum absolute atomic E-state index is 0.224. The average Bonchev–Trinajstić information content (AvgIpc) is 3.24. The number of aryl methyl sites for hydroxylation is 1. The van der Waals surface area contributed by atoms with Crippen molar-refractivity contribution >= 4 is 23.2 Å². The number of nitrogens with one attached hydrogen (secondary N) is 1. The molecule has 0 saturated heterocycles. The average molecular weight is 418 g/mol. The molecule has 4 aromatic rings. The highest BCUT2D eigenvalue weighted by molar-refractivity contribution is 6.30. The molecule has 0 atom stereocenters. The van der Waals surface area contributed by atoms with Gasteiger partial charge in [-0.2, -0.15) is 0 Å². The number of hydrogen-bond donors (Lipinski definition) is 1. The van der Waals surface area contributed by atoms with E-state index in [2.05, 4.69) is 5.32 Å². The van der Waals surface area contributed by atoms with Crippen molar-refractivity contribution in [3.05, 3.63) is 107 Å². The molecule has 0 fully saturated rings. The number of benzene rings is 3. The first-order valence-electron chi connectivity index (χ1n) is 9.53. The first-order chi connectivity index (χ1) is 14.6. The molecule has 0 spiro atoms. The zero-order chi connectivity index (χ0) is 20.9. The maximum Gasteiger partial charge on any atom is 0.291 e. The van der Waals surface area contributed by atoms with Crippen molar-refractivity contribution in [2.24, 2.45) is 0 Å². The highest BCUT2D eigenvalue weighted by Crippen LogP contribution is 2.24. The number of amides is 1. The van der Waals surface area contributed by atoms with Crippen LogP contribution in [0.4, 0.5) is 5.69 Å². The molecule has 3 aromatic carbocycles. The van der Waals surface area contributed by atoms with Crippen LogP contribution in [0.15, 0.2) is 89.3 Å². The standard InChI is InChI=1S/C25H20ClNO3/c1-17-15-20(26)9-13-23(17)29-16-22-12-14-24(30-22)25(28)27-21-10-7-19(8-11-21)18-5-3-2-4-6-18/h2-15H,16H2,1H3,(H,27,28). The SMILES string of the molecule is Cc1cc(Cl)ccc1OCc1ccc(C(=O)Nc2ccc(-c3ccccc3)cc2)o1. The van der Waals surface area contributed by atoms with Crippen LogP contribution in [-0.4, -0.2) is 5.91 Å². The molecule has 0 aliphatic carbocycles. The summed E-state index contributed by atoms with van der Waals surface area (Å²) in [5.41, 5.74) is 3.85. The molecular weight excluding hydrogens is 398 g/mol. The normalized spacial score (nSPS) is 10.6. The molecule has 0 aliphatic rings. The highest BCUT2D eigenvalue weighted by Gasteiger charge is 2.12. The molecule has 0 bridgehead atoms. The van der Waals surface area contributed by atoms with E-state index in [0.29, 0.717) is 16.5 Å². The van der Waals surface area contributed by atoms with Gasteiger partial charge in [0.25, 0.3) is 5.91 Å². The molecular formula is C25H20ClNO3. The monoisotopic (exact) mass is 417 g/mol. The zero-order valence-electron chi connectivity index (χ0n) is 16.4. The highest BCUT2D eigenvalue weighted by atomic mass is 35.5. The number of anilines is 1. The molecule has 4 nitrogen and oxygen atoms in total. The van der Waals surface area contributed by atoms with E-state index < -0.39 is 0 Å². The minimum Gasteiger partial charge on any atom is -0.485 e. The molecule has 0 aliphatic heterocycles. The van der Waals surface area contributed by atoms with Crippen molar-refractivity contribution in [2.75, 3.05) is 5.32 Å². The van der Waals surface area contributed by atoms with Crippen molar-refractivity contribution in [3.63, 3.8) is 0 Å². The maximum atomic E-state index is 12.5. The van der Waals surface area contributed by atoms with Gasteiger partial charge < -0.3 is 14.5 Å². The fraction of sp³-hybridized carbons (Fsp3) is 0.0800. The molecule has 1 heterocycles. The van der Waals surface area contributed by atoms with E-state index in [9.17, 15) is 4.79 Å². The Labute approximate surface area is 180 Å². The Morgan fingerprint density at radius 3 is 2.40 bits per heavy atom. The van der Waals surface area contributed by atoms with E-state index in [-0.39, 0.29) is 18.3 Å². The second-order valence-electron chi connectivity index (χ2n) is 6.86. The van der Waals surface area contributed by atoms with Crippen molar-refractivity contribution in [1.82, 2.24) is 0 Å². The van der Waals surface area contributed by atoms with Gasteiger partial charge in [-0.3, -0.25) is 4.79 Å². The van der Waals surface area contributed by atoms with Crippen molar-refractivity contribution in [2.45, 2.75) is 13.5 Å². The van der Waals surface area contributed by atoms with E-state index in [4.69, 9.17) is 20.8 Å². The van der Waals surface area contributed by atoms with E-state index in [1.54, 1.807) is 18.2 Å². The van der Waals surface area contributed by atoms with Gasteiger partial charge in [-0.15, -0.1) is 0 Å². The second kappa shape index (κ2) is 8.89. The van der Waals surface area contributed by atoms with Crippen LogP contribution in [0.25, 0.3) is 11.1 Å². The summed E-state index contributed by atoms with van der Waals surface area (Å²) in [4.78, 5) is 12.5. The number of halogens is 1. The van der Waals surface area contributed by atoms with E-state index in [1.165, 1.54) is 0 Å². The third kappa shape index (κ3) is 4.73. The van der Waals surface area contributed by atoms with Crippen LogP contribution < -0.4 is 10.1 Å². The molecule has 0 unspecified atom stereocenters. The van der Waals surface area contributed by atoms with Crippen LogP contribution >= 0.6 is 11.6 Å². The van der Waals surface area contributed by atoms with Gasteiger partial charge >= 0.3 is 0 Å². The lowest BCUT2D eigenvalue weighted by molar-refractivity contribution is 0.0992. The van der Waals surface area contributed by atoms with Crippen LogP contribution in [0.5, 0.6) is 5.75 Å². The smallest absolute Gasteiger partial charge is 0.291 e. The lowest BCUT2D eigenvalue weighted by atomic mass is 10.1. The molecule has 1 amide bonds. The Hall–Kier alpha value is -3.50. The van der Waals surface area contributed by atoms with Crippen LogP contribution in [0.1, 0.15) is 21.9 Å². The predicted octanol–water partition coefficient (Wildman–Crippen LogP) is 6.74. The lowest BCUT2D eigenvalue weighted by Crippen LogP contribution is -2.10. The van der Waals surface area contributed by atoms with Gasteiger partial charge in [0, 0.05) is 10.7 Å². The maximum absolute atomic E-state index is 12.5. The summed E-state index contributed by atoms with van der Waals surface area (Å²) in [5.74, 6) is 1.21. The zero-order valence-corrected chi connectivity index (χ0v) is 17.1. The van der Waals surface area contributed by atoms with Gasteiger partial charge in [-0.1, -0.05) is 54.1 Å². The van der Waals surface area contributed by atoms with Gasteiger partial charge in [-0.25, -0.2) is 0 Å². The summed E-state index contributed by atoms with van der Waals surface area (Å²) in [6, 6.07) is 26.6. The van der Waals surface area contributed by atoms with E-state index in [1.807, 2.05) is 73.7 Å². The molecule has 5 heteroatoms. The molecule has 1 aromatic heterocycles. The summed E-state index contributed by atoms with van der Waals surface area (Å²) in [5, 5.41) is 3.51. The van der Waals surface area contributed by atoms with Crippen molar-refractivity contribution in [3.8, 4) is 16.9 Å². The molecule has 150 valence electrons. The number of rotatable bonds is 6. The van der Waals surface area contributed by atoms with Crippen LogP contribution in [0.3, 0.4) is 0 Å². The Morgan fingerprint density at radius 2 is 1.67 bits per heavy atom. The third-order valence-corrected chi connectivity index (χ3v) is 4.88. The minimum atomic E-state index is -0.309. The Bertz CT molecular complexity index is 1150. The third-order valence-electron chi connectivity index (χ3n) is 4.64. The predicted molar refractivity (Wildman–Crippen MR) is 119 cm³/mol. The second-order valence-corrected chi connectivity index (χ2v) is 7.30.